The molecule has 1 aliphatic heterocycles. The van der Waals surface area contributed by atoms with Crippen LogP contribution in [0.25, 0.3) is 0 Å². The van der Waals surface area contributed by atoms with Crippen LogP contribution in [-0.2, 0) is 13.6 Å². The highest BCUT2D eigenvalue weighted by Gasteiger charge is 2.23. The Kier molecular flexibility index (Phi) is 2.90. The summed E-state index contributed by atoms with van der Waals surface area (Å²) in [4.78, 5) is 14.8. The van der Waals surface area contributed by atoms with Crippen molar-refractivity contribution in [3.8, 4) is 11.5 Å². The molecule has 8 nitrogen and oxygen atoms in total. The first-order chi connectivity index (χ1) is 9.65. The highest BCUT2D eigenvalue weighted by atomic mass is 16.7. The molecule has 0 bridgehead atoms. The molecule has 8 heteroatoms. The molecule has 0 saturated heterocycles. The van der Waals surface area contributed by atoms with E-state index in [0.717, 1.165) is 5.82 Å². The molecule has 3 rings (SSSR count). The third kappa shape index (κ3) is 2.11. The number of ether oxygens (including phenoxy) is 2. The smallest absolute Gasteiger partial charge is 0.296 e. The second kappa shape index (κ2) is 4.72. The van der Waals surface area contributed by atoms with Crippen molar-refractivity contribution in [2.45, 2.75) is 6.54 Å². The summed E-state index contributed by atoms with van der Waals surface area (Å²) in [5.74, 6) is 1.66. The summed E-state index contributed by atoms with van der Waals surface area (Å²) in [7, 11) is 1.86. The number of anilines is 1. The van der Waals surface area contributed by atoms with Crippen LogP contribution in [0.4, 0.5) is 11.4 Å². The van der Waals surface area contributed by atoms with Crippen molar-refractivity contribution < 1.29 is 14.4 Å². The van der Waals surface area contributed by atoms with Crippen molar-refractivity contribution in [2.75, 3.05) is 12.1 Å². The molecule has 1 aromatic carbocycles. The SMILES string of the molecule is Cn1ccnc1CNc1cc2c(cc1[N+](=O)[O-])OCO2. The van der Waals surface area contributed by atoms with E-state index in [1.54, 1.807) is 12.3 Å². The fourth-order valence-corrected chi connectivity index (χ4v) is 1.96. The molecule has 1 aliphatic rings. The van der Waals surface area contributed by atoms with Crippen molar-refractivity contribution in [1.82, 2.24) is 9.55 Å². The first-order valence-corrected chi connectivity index (χ1v) is 5.93. The number of nitro groups is 1. The molecule has 0 saturated carbocycles. The zero-order chi connectivity index (χ0) is 14.1. The van der Waals surface area contributed by atoms with Crippen molar-refractivity contribution in [3.63, 3.8) is 0 Å². The lowest BCUT2D eigenvalue weighted by molar-refractivity contribution is -0.384. The third-order valence-electron chi connectivity index (χ3n) is 3.05. The Morgan fingerprint density at radius 2 is 2.20 bits per heavy atom. The van der Waals surface area contributed by atoms with Crippen LogP contribution >= 0.6 is 0 Å². The molecule has 0 spiro atoms. The van der Waals surface area contributed by atoms with Gasteiger partial charge in [0.1, 0.15) is 11.5 Å². The van der Waals surface area contributed by atoms with E-state index in [4.69, 9.17) is 9.47 Å². The monoisotopic (exact) mass is 276 g/mol. The molecule has 1 N–H and O–H groups in total. The maximum atomic E-state index is 11.1. The largest absolute Gasteiger partial charge is 0.454 e. The van der Waals surface area contributed by atoms with E-state index in [-0.39, 0.29) is 12.5 Å². The quantitative estimate of drug-likeness (QED) is 0.674. The summed E-state index contributed by atoms with van der Waals surface area (Å²) >= 11 is 0. The minimum atomic E-state index is -0.456. The van der Waals surface area contributed by atoms with Gasteiger partial charge in [-0.05, 0) is 0 Å². The second-order valence-corrected chi connectivity index (χ2v) is 4.29. The first kappa shape index (κ1) is 12.3. The van der Waals surface area contributed by atoms with Crippen LogP contribution in [0, 0.1) is 10.1 Å². The number of nitrogens with one attached hydrogen (secondary N) is 1. The van der Waals surface area contributed by atoms with Gasteiger partial charge in [-0.3, -0.25) is 10.1 Å². The van der Waals surface area contributed by atoms with Gasteiger partial charge in [0, 0.05) is 25.5 Å². The number of rotatable bonds is 4. The predicted octanol–water partition coefficient (Wildman–Crippen LogP) is 1.67. The maximum absolute atomic E-state index is 11.1. The maximum Gasteiger partial charge on any atom is 0.296 e. The fourth-order valence-electron chi connectivity index (χ4n) is 1.96. The van der Waals surface area contributed by atoms with Crippen LogP contribution in [0.1, 0.15) is 5.82 Å². The minimum absolute atomic E-state index is 0.0524. The van der Waals surface area contributed by atoms with Gasteiger partial charge >= 0.3 is 0 Å². The van der Waals surface area contributed by atoms with Gasteiger partial charge in [-0.2, -0.15) is 0 Å². The Balaban J connectivity index is 1.88. The molecule has 0 aliphatic carbocycles. The van der Waals surface area contributed by atoms with Gasteiger partial charge in [0.2, 0.25) is 6.79 Å². The van der Waals surface area contributed by atoms with Crippen LogP contribution in [-0.4, -0.2) is 21.3 Å². The lowest BCUT2D eigenvalue weighted by Gasteiger charge is -2.08. The van der Waals surface area contributed by atoms with Gasteiger partial charge in [0.15, 0.2) is 11.5 Å². The van der Waals surface area contributed by atoms with Crippen molar-refractivity contribution in [3.05, 3.63) is 40.5 Å². The Hall–Kier alpha value is -2.77. The number of aromatic nitrogens is 2. The number of aryl methyl sites for hydroxylation is 1. The van der Waals surface area contributed by atoms with E-state index in [9.17, 15) is 10.1 Å². The molecule has 104 valence electrons. The highest BCUT2D eigenvalue weighted by molar-refractivity contribution is 5.68. The average molecular weight is 276 g/mol. The summed E-state index contributed by atoms with van der Waals surface area (Å²) in [6.07, 6.45) is 3.48. The number of imidazole rings is 1. The highest BCUT2D eigenvalue weighted by Crippen LogP contribution is 2.40. The van der Waals surface area contributed by atoms with Crippen LogP contribution in [0.15, 0.2) is 24.5 Å². The van der Waals surface area contributed by atoms with Gasteiger partial charge in [-0.1, -0.05) is 0 Å². The number of nitrogens with zero attached hydrogens (tertiary/aromatic N) is 3. The number of hydrogen-bond donors (Lipinski definition) is 1. The Bertz CT molecular complexity index is 667. The molecule has 0 amide bonds. The molecule has 20 heavy (non-hydrogen) atoms. The summed E-state index contributed by atoms with van der Waals surface area (Å²) in [6.45, 7) is 0.458. The molecule has 0 radical (unpaired) electrons. The molecular weight excluding hydrogens is 264 g/mol. The Morgan fingerprint density at radius 3 is 2.85 bits per heavy atom. The summed E-state index contributed by atoms with van der Waals surface area (Å²) in [5.41, 5.74) is 0.325. The average Bonchev–Trinajstić information content (AvgIpc) is 3.03. The summed E-state index contributed by atoms with van der Waals surface area (Å²) in [6, 6.07) is 2.94. The van der Waals surface area contributed by atoms with Crippen molar-refractivity contribution >= 4 is 11.4 Å². The number of nitro benzene ring substituents is 1. The van der Waals surface area contributed by atoms with Crippen molar-refractivity contribution in [1.29, 1.82) is 0 Å². The van der Waals surface area contributed by atoms with E-state index in [0.29, 0.717) is 23.7 Å². The van der Waals surface area contributed by atoms with Crippen molar-refractivity contribution in [2.24, 2.45) is 7.05 Å². The number of fused-ring (bicyclic) bond motifs is 1. The van der Waals surface area contributed by atoms with E-state index in [1.165, 1.54) is 6.07 Å². The van der Waals surface area contributed by atoms with E-state index in [1.807, 2.05) is 17.8 Å². The molecule has 1 aromatic heterocycles. The molecule has 0 atom stereocenters. The van der Waals surface area contributed by atoms with Gasteiger partial charge < -0.3 is 19.4 Å². The van der Waals surface area contributed by atoms with Crippen LogP contribution in [0.2, 0.25) is 0 Å². The summed E-state index contributed by atoms with van der Waals surface area (Å²) in [5, 5.41) is 14.1. The zero-order valence-corrected chi connectivity index (χ0v) is 10.7. The van der Waals surface area contributed by atoms with Crippen LogP contribution < -0.4 is 14.8 Å². The topological polar surface area (TPSA) is 91.5 Å². The normalized spacial score (nSPS) is 12.4. The lowest BCUT2D eigenvalue weighted by atomic mass is 10.2. The molecular formula is C12H12N4O4. The zero-order valence-electron chi connectivity index (χ0n) is 10.7. The number of benzene rings is 1. The van der Waals surface area contributed by atoms with Crippen LogP contribution in [0.3, 0.4) is 0 Å². The first-order valence-electron chi connectivity index (χ1n) is 5.93. The third-order valence-corrected chi connectivity index (χ3v) is 3.05. The van der Waals surface area contributed by atoms with Gasteiger partial charge in [0.25, 0.3) is 5.69 Å². The minimum Gasteiger partial charge on any atom is -0.454 e. The molecule has 0 fully saturated rings. The number of hydrogen-bond acceptors (Lipinski definition) is 6. The van der Waals surface area contributed by atoms with E-state index >= 15 is 0 Å². The summed E-state index contributed by atoms with van der Waals surface area (Å²) < 4.78 is 12.2. The van der Waals surface area contributed by atoms with Gasteiger partial charge in [-0.15, -0.1) is 0 Å². The van der Waals surface area contributed by atoms with Gasteiger partial charge in [-0.25, -0.2) is 4.98 Å². The Morgan fingerprint density at radius 1 is 1.45 bits per heavy atom. The van der Waals surface area contributed by atoms with E-state index < -0.39 is 4.92 Å². The standard InChI is InChI=1S/C12H12N4O4/c1-15-3-2-13-12(15)6-14-8-4-10-11(20-7-19-10)5-9(8)16(17)18/h2-5,14H,6-7H2,1H3. The van der Waals surface area contributed by atoms with Gasteiger partial charge in [0.05, 0.1) is 17.5 Å². The lowest BCUT2D eigenvalue weighted by Crippen LogP contribution is -2.07. The molecule has 0 unspecified atom stereocenters. The van der Waals surface area contributed by atoms with E-state index in [2.05, 4.69) is 10.3 Å². The fraction of sp³-hybridized carbons (Fsp3) is 0.250. The van der Waals surface area contributed by atoms with Crippen LogP contribution in [0.5, 0.6) is 11.5 Å². The molecule has 2 heterocycles. The molecule has 2 aromatic rings. The predicted molar refractivity (Wildman–Crippen MR) is 69.8 cm³/mol. The Labute approximate surface area is 114 Å². The second-order valence-electron chi connectivity index (χ2n) is 4.29.